The number of nitrogens with one attached hydrogen (secondary N) is 2. The number of hydrogen-bond donors (Lipinski definition) is 2. The third-order valence-electron chi connectivity index (χ3n) is 2.40. The highest BCUT2D eigenvalue weighted by molar-refractivity contribution is 5.67. The number of aromatic nitrogens is 2. The molecule has 1 amide bonds. The molecule has 1 heterocycles. The molecule has 0 bridgehead atoms. The maximum atomic E-state index is 11.6. The lowest BCUT2D eigenvalue weighted by Gasteiger charge is -2.19. The molecule has 0 aliphatic heterocycles. The standard InChI is InChI=1S/C12H19N3O3/c1-7-8(2)14-15-10(16)9(7)6-13-11(17)18-12(3,4)5/h6H2,1-5H3,(H,13,17)(H,15,16). The number of rotatable bonds is 2. The van der Waals surface area contributed by atoms with Crippen LogP contribution in [0.25, 0.3) is 0 Å². The number of H-pyrrole nitrogens is 1. The van der Waals surface area contributed by atoms with Crippen LogP contribution in [0.3, 0.4) is 0 Å². The molecule has 0 atom stereocenters. The van der Waals surface area contributed by atoms with Crippen LogP contribution in [0, 0.1) is 13.8 Å². The van der Waals surface area contributed by atoms with Crippen molar-refractivity contribution in [2.24, 2.45) is 0 Å². The van der Waals surface area contributed by atoms with Crippen LogP contribution >= 0.6 is 0 Å². The second-order valence-corrected chi connectivity index (χ2v) is 5.10. The zero-order valence-corrected chi connectivity index (χ0v) is 11.4. The molecule has 18 heavy (non-hydrogen) atoms. The second-order valence-electron chi connectivity index (χ2n) is 5.10. The first-order chi connectivity index (χ1) is 8.20. The number of ether oxygens (including phenoxy) is 1. The lowest BCUT2D eigenvalue weighted by atomic mass is 10.1. The number of nitrogens with zero attached hydrogens (tertiary/aromatic N) is 1. The fraction of sp³-hybridized carbons (Fsp3) is 0.583. The van der Waals surface area contributed by atoms with E-state index in [9.17, 15) is 9.59 Å². The lowest BCUT2D eigenvalue weighted by Crippen LogP contribution is -2.34. The summed E-state index contributed by atoms with van der Waals surface area (Å²) in [7, 11) is 0. The van der Waals surface area contributed by atoms with Crippen LogP contribution in [-0.4, -0.2) is 21.9 Å². The molecule has 100 valence electrons. The van der Waals surface area contributed by atoms with Gasteiger partial charge < -0.3 is 10.1 Å². The van der Waals surface area contributed by atoms with E-state index >= 15 is 0 Å². The molecule has 0 spiro atoms. The number of carbonyl (C=O) groups excluding carboxylic acids is 1. The first kappa shape index (κ1) is 14.2. The Labute approximate surface area is 106 Å². The van der Waals surface area contributed by atoms with Gasteiger partial charge in [-0.2, -0.15) is 5.10 Å². The molecule has 0 saturated carbocycles. The van der Waals surface area contributed by atoms with E-state index in [1.54, 1.807) is 34.6 Å². The Kier molecular flexibility index (Phi) is 4.11. The van der Waals surface area contributed by atoms with Gasteiger partial charge in [0.25, 0.3) is 5.56 Å². The number of alkyl carbamates (subject to hydrolysis) is 1. The Morgan fingerprint density at radius 2 is 2.00 bits per heavy atom. The lowest BCUT2D eigenvalue weighted by molar-refractivity contribution is 0.0523. The van der Waals surface area contributed by atoms with Crippen LogP contribution in [0.2, 0.25) is 0 Å². The summed E-state index contributed by atoms with van der Waals surface area (Å²) in [6, 6.07) is 0. The van der Waals surface area contributed by atoms with E-state index in [0.717, 1.165) is 11.3 Å². The van der Waals surface area contributed by atoms with Crippen LogP contribution in [0.5, 0.6) is 0 Å². The minimum Gasteiger partial charge on any atom is -0.444 e. The van der Waals surface area contributed by atoms with Gasteiger partial charge in [0, 0.05) is 5.56 Å². The molecule has 0 unspecified atom stereocenters. The van der Waals surface area contributed by atoms with Gasteiger partial charge in [-0.05, 0) is 40.2 Å². The number of amides is 1. The maximum Gasteiger partial charge on any atom is 0.407 e. The van der Waals surface area contributed by atoms with Crippen molar-refractivity contribution < 1.29 is 9.53 Å². The van der Waals surface area contributed by atoms with E-state index in [4.69, 9.17) is 4.74 Å². The number of aromatic amines is 1. The predicted octanol–water partition coefficient (Wildman–Crippen LogP) is 1.41. The van der Waals surface area contributed by atoms with E-state index in [2.05, 4.69) is 15.5 Å². The molecular formula is C12H19N3O3. The first-order valence-electron chi connectivity index (χ1n) is 5.72. The molecule has 1 rings (SSSR count). The smallest absolute Gasteiger partial charge is 0.407 e. The summed E-state index contributed by atoms with van der Waals surface area (Å²) in [5.41, 5.74) is 1.15. The van der Waals surface area contributed by atoms with E-state index in [1.165, 1.54) is 0 Å². The van der Waals surface area contributed by atoms with Crippen molar-refractivity contribution >= 4 is 6.09 Å². The zero-order chi connectivity index (χ0) is 13.9. The van der Waals surface area contributed by atoms with Gasteiger partial charge in [0.2, 0.25) is 0 Å². The molecule has 2 N–H and O–H groups in total. The maximum absolute atomic E-state index is 11.6. The van der Waals surface area contributed by atoms with Crippen molar-refractivity contribution in [3.63, 3.8) is 0 Å². The van der Waals surface area contributed by atoms with Gasteiger partial charge in [0.1, 0.15) is 5.60 Å². The van der Waals surface area contributed by atoms with Gasteiger partial charge in [-0.3, -0.25) is 4.79 Å². The molecule has 6 heteroatoms. The first-order valence-corrected chi connectivity index (χ1v) is 5.72. The summed E-state index contributed by atoms with van der Waals surface area (Å²) in [6.07, 6.45) is -0.546. The van der Waals surface area contributed by atoms with Crippen molar-refractivity contribution in [2.75, 3.05) is 0 Å². The van der Waals surface area contributed by atoms with Crippen molar-refractivity contribution in [1.82, 2.24) is 15.5 Å². The average molecular weight is 253 g/mol. The number of hydrogen-bond acceptors (Lipinski definition) is 4. The fourth-order valence-corrected chi connectivity index (χ4v) is 1.36. The number of aryl methyl sites for hydroxylation is 1. The number of carbonyl (C=O) groups is 1. The SMILES string of the molecule is Cc1n[nH]c(=O)c(CNC(=O)OC(C)(C)C)c1C. The topological polar surface area (TPSA) is 84.1 Å². The van der Waals surface area contributed by atoms with Crippen LogP contribution in [0.1, 0.15) is 37.6 Å². The summed E-state index contributed by atoms with van der Waals surface area (Å²) in [5, 5.41) is 8.78. The summed E-state index contributed by atoms with van der Waals surface area (Å²) in [4.78, 5) is 23.1. The van der Waals surface area contributed by atoms with E-state index in [-0.39, 0.29) is 12.1 Å². The predicted molar refractivity (Wildman–Crippen MR) is 67.4 cm³/mol. The van der Waals surface area contributed by atoms with E-state index in [0.29, 0.717) is 5.56 Å². The van der Waals surface area contributed by atoms with Crippen molar-refractivity contribution in [2.45, 2.75) is 46.8 Å². The minimum absolute atomic E-state index is 0.124. The van der Waals surface area contributed by atoms with Crippen LogP contribution in [0.4, 0.5) is 4.79 Å². The van der Waals surface area contributed by atoms with E-state index in [1.807, 2.05) is 0 Å². The molecule has 0 saturated heterocycles. The summed E-state index contributed by atoms with van der Waals surface area (Å²) >= 11 is 0. The third kappa shape index (κ3) is 3.87. The summed E-state index contributed by atoms with van der Waals surface area (Å²) in [5.74, 6) is 0. The molecule has 0 aromatic carbocycles. The van der Waals surface area contributed by atoms with Gasteiger partial charge in [0.05, 0.1) is 12.2 Å². The molecular weight excluding hydrogens is 234 g/mol. The molecule has 1 aromatic rings. The van der Waals surface area contributed by atoms with Gasteiger partial charge in [-0.15, -0.1) is 0 Å². The van der Waals surface area contributed by atoms with Crippen molar-refractivity contribution in [1.29, 1.82) is 0 Å². The van der Waals surface area contributed by atoms with Crippen molar-refractivity contribution in [3.05, 3.63) is 27.2 Å². The van der Waals surface area contributed by atoms with Gasteiger partial charge in [-0.1, -0.05) is 0 Å². The highest BCUT2D eigenvalue weighted by atomic mass is 16.6. The fourth-order valence-electron chi connectivity index (χ4n) is 1.36. The Hall–Kier alpha value is -1.85. The van der Waals surface area contributed by atoms with Gasteiger partial charge in [-0.25, -0.2) is 9.89 Å². The molecule has 1 aromatic heterocycles. The van der Waals surface area contributed by atoms with Crippen LogP contribution in [-0.2, 0) is 11.3 Å². The zero-order valence-electron chi connectivity index (χ0n) is 11.4. The summed E-state index contributed by atoms with van der Waals surface area (Å²) in [6.45, 7) is 9.05. The van der Waals surface area contributed by atoms with Crippen LogP contribution in [0.15, 0.2) is 4.79 Å². The van der Waals surface area contributed by atoms with Crippen molar-refractivity contribution in [3.8, 4) is 0 Å². The largest absolute Gasteiger partial charge is 0.444 e. The summed E-state index contributed by atoms with van der Waals surface area (Å²) < 4.78 is 5.09. The molecule has 0 fully saturated rings. The molecule has 0 radical (unpaired) electrons. The molecule has 0 aliphatic carbocycles. The minimum atomic E-state index is -0.556. The Morgan fingerprint density at radius 3 is 2.56 bits per heavy atom. The average Bonchev–Trinajstić information content (AvgIpc) is 2.21. The normalized spacial score (nSPS) is 11.2. The highest BCUT2D eigenvalue weighted by Gasteiger charge is 2.16. The van der Waals surface area contributed by atoms with Gasteiger partial charge in [0.15, 0.2) is 0 Å². The van der Waals surface area contributed by atoms with Gasteiger partial charge >= 0.3 is 6.09 Å². The molecule has 6 nitrogen and oxygen atoms in total. The van der Waals surface area contributed by atoms with E-state index < -0.39 is 11.7 Å². The highest BCUT2D eigenvalue weighted by Crippen LogP contribution is 2.08. The Balaban J connectivity index is 2.73. The Bertz CT molecular complexity index is 500. The quantitative estimate of drug-likeness (QED) is 0.834. The molecule has 0 aliphatic rings. The second kappa shape index (κ2) is 5.20. The Morgan fingerprint density at radius 1 is 1.39 bits per heavy atom. The third-order valence-corrected chi connectivity index (χ3v) is 2.40. The monoisotopic (exact) mass is 253 g/mol. The van der Waals surface area contributed by atoms with Crippen LogP contribution < -0.4 is 10.9 Å².